The molecule has 1 rings (SSSR count). The van der Waals surface area contributed by atoms with Crippen LogP contribution >= 0.6 is 0 Å². The summed E-state index contributed by atoms with van der Waals surface area (Å²) in [4.78, 5) is 4.14. The van der Waals surface area contributed by atoms with Crippen molar-refractivity contribution in [3.05, 3.63) is 11.7 Å². The number of nitrogens with zero attached hydrogens (tertiary/aromatic N) is 2. The van der Waals surface area contributed by atoms with E-state index in [0.29, 0.717) is 30.6 Å². The van der Waals surface area contributed by atoms with Gasteiger partial charge in [0.15, 0.2) is 5.82 Å². The molecule has 5 nitrogen and oxygen atoms in total. The fraction of sp³-hybridized carbons (Fsp3) is 0.846. The third-order valence-electron chi connectivity index (χ3n) is 2.85. The third kappa shape index (κ3) is 8.01. The molecule has 0 aromatic carbocycles. The summed E-state index contributed by atoms with van der Waals surface area (Å²) in [6.45, 7) is 3.40. The Bertz CT molecular complexity index is 408. The summed E-state index contributed by atoms with van der Waals surface area (Å²) in [5.74, 6) is 1.61. The van der Waals surface area contributed by atoms with Crippen molar-refractivity contribution in [3.63, 3.8) is 0 Å². The molecule has 122 valence electrons. The monoisotopic (exact) mass is 309 g/mol. The molecule has 1 heterocycles. The molecule has 0 aliphatic heterocycles. The van der Waals surface area contributed by atoms with Crippen LogP contribution in [0.25, 0.3) is 0 Å². The zero-order valence-electron chi connectivity index (χ0n) is 12.3. The molecule has 2 N–H and O–H groups in total. The second-order valence-corrected chi connectivity index (χ2v) is 5.46. The van der Waals surface area contributed by atoms with E-state index >= 15 is 0 Å². The van der Waals surface area contributed by atoms with Gasteiger partial charge in [-0.15, -0.1) is 0 Å². The van der Waals surface area contributed by atoms with Gasteiger partial charge < -0.3 is 15.0 Å². The normalized spacial score (nSPS) is 13.9. The predicted molar refractivity (Wildman–Crippen MR) is 70.6 cm³/mol. The molecule has 0 saturated carbocycles. The Morgan fingerprint density at radius 1 is 1.33 bits per heavy atom. The number of hydrogen-bond acceptors (Lipinski definition) is 5. The molecule has 1 unspecified atom stereocenters. The first-order chi connectivity index (χ1) is 9.80. The lowest BCUT2D eigenvalue weighted by atomic mass is 9.94. The molecule has 0 aliphatic rings. The van der Waals surface area contributed by atoms with Gasteiger partial charge in [-0.3, -0.25) is 0 Å². The maximum absolute atomic E-state index is 11.9. The van der Waals surface area contributed by atoms with Crippen molar-refractivity contribution in [1.29, 1.82) is 0 Å². The first kappa shape index (κ1) is 17.9. The number of aromatic nitrogens is 2. The Balaban J connectivity index is 2.35. The minimum absolute atomic E-state index is 0.0925. The minimum Gasteiger partial charge on any atom is -0.372 e. The van der Waals surface area contributed by atoms with E-state index in [0.717, 1.165) is 6.42 Å². The largest absolute Gasteiger partial charge is 0.411 e. The van der Waals surface area contributed by atoms with Crippen LogP contribution in [0, 0.1) is 11.8 Å². The summed E-state index contributed by atoms with van der Waals surface area (Å²) >= 11 is 0. The highest BCUT2D eigenvalue weighted by molar-refractivity contribution is 4.88. The SMILES string of the molecule is CC(C)CC(CN)Cc1nc(CCOCC(F)(F)F)no1. The zero-order chi connectivity index (χ0) is 15.9. The number of ether oxygens (including phenoxy) is 1. The fourth-order valence-corrected chi connectivity index (χ4v) is 2.00. The highest BCUT2D eigenvalue weighted by atomic mass is 19.4. The van der Waals surface area contributed by atoms with Gasteiger partial charge in [0.2, 0.25) is 5.89 Å². The van der Waals surface area contributed by atoms with Crippen molar-refractivity contribution in [3.8, 4) is 0 Å². The van der Waals surface area contributed by atoms with E-state index in [2.05, 4.69) is 28.7 Å². The van der Waals surface area contributed by atoms with Crippen LogP contribution in [0.3, 0.4) is 0 Å². The van der Waals surface area contributed by atoms with E-state index in [-0.39, 0.29) is 18.9 Å². The quantitative estimate of drug-likeness (QED) is 0.709. The van der Waals surface area contributed by atoms with Crippen LogP contribution in [0.4, 0.5) is 13.2 Å². The van der Waals surface area contributed by atoms with Crippen LogP contribution in [-0.4, -0.2) is 36.1 Å². The fourth-order valence-electron chi connectivity index (χ4n) is 2.00. The second kappa shape index (κ2) is 8.33. The van der Waals surface area contributed by atoms with Crippen LogP contribution in [0.5, 0.6) is 0 Å². The average Bonchev–Trinajstić information content (AvgIpc) is 2.80. The number of alkyl halides is 3. The van der Waals surface area contributed by atoms with E-state index in [9.17, 15) is 13.2 Å². The first-order valence-electron chi connectivity index (χ1n) is 6.96. The van der Waals surface area contributed by atoms with Gasteiger partial charge in [-0.25, -0.2) is 0 Å². The van der Waals surface area contributed by atoms with E-state index in [1.807, 2.05) is 0 Å². The summed E-state index contributed by atoms with van der Waals surface area (Å²) in [6, 6.07) is 0. The molecule has 0 saturated heterocycles. The van der Waals surface area contributed by atoms with Crippen molar-refractivity contribution in [2.75, 3.05) is 19.8 Å². The molecule has 1 atom stereocenters. The topological polar surface area (TPSA) is 74.2 Å². The van der Waals surface area contributed by atoms with E-state index in [1.54, 1.807) is 0 Å². The van der Waals surface area contributed by atoms with Crippen LogP contribution in [0.2, 0.25) is 0 Å². The molecule has 0 fully saturated rings. The molecular weight excluding hydrogens is 287 g/mol. The zero-order valence-corrected chi connectivity index (χ0v) is 12.3. The summed E-state index contributed by atoms with van der Waals surface area (Å²) in [6.07, 6.45) is -2.57. The number of hydrogen-bond donors (Lipinski definition) is 1. The molecule has 8 heteroatoms. The Morgan fingerprint density at radius 3 is 2.62 bits per heavy atom. The maximum atomic E-state index is 11.9. The maximum Gasteiger partial charge on any atom is 0.411 e. The van der Waals surface area contributed by atoms with Crippen LogP contribution in [-0.2, 0) is 17.6 Å². The van der Waals surface area contributed by atoms with Crippen LogP contribution in [0.1, 0.15) is 32.0 Å². The number of rotatable bonds is 9. The highest BCUT2D eigenvalue weighted by Gasteiger charge is 2.27. The summed E-state index contributed by atoms with van der Waals surface area (Å²) in [5.41, 5.74) is 5.70. The smallest absolute Gasteiger partial charge is 0.372 e. The van der Waals surface area contributed by atoms with Gasteiger partial charge >= 0.3 is 6.18 Å². The summed E-state index contributed by atoms with van der Waals surface area (Å²) in [5, 5.41) is 3.73. The molecule has 21 heavy (non-hydrogen) atoms. The van der Waals surface area contributed by atoms with Crippen LogP contribution in [0.15, 0.2) is 4.52 Å². The van der Waals surface area contributed by atoms with Crippen LogP contribution < -0.4 is 5.73 Å². The molecule has 0 radical (unpaired) electrons. The molecule has 0 amide bonds. The molecule has 0 aliphatic carbocycles. The van der Waals surface area contributed by atoms with E-state index < -0.39 is 12.8 Å². The van der Waals surface area contributed by atoms with Crippen molar-refractivity contribution in [2.24, 2.45) is 17.6 Å². The van der Waals surface area contributed by atoms with Crippen molar-refractivity contribution in [2.45, 2.75) is 39.3 Å². The van der Waals surface area contributed by atoms with Gasteiger partial charge in [0.05, 0.1) is 6.61 Å². The highest BCUT2D eigenvalue weighted by Crippen LogP contribution is 2.16. The summed E-state index contributed by atoms with van der Waals surface area (Å²) < 4.78 is 45.2. The minimum atomic E-state index is -4.31. The van der Waals surface area contributed by atoms with Gasteiger partial charge in [0.1, 0.15) is 6.61 Å². The van der Waals surface area contributed by atoms with Gasteiger partial charge in [-0.1, -0.05) is 19.0 Å². The molecule has 1 aromatic rings. The Labute approximate surface area is 122 Å². The molecule has 0 spiro atoms. The van der Waals surface area contributed by atoms with E-state index in [1.165, 1.54) is 0 Å². The standard InChI is InChI=1S/C13H22F3N3O2/c1-9(2)5-10(7-17)6-12-18-11(19-21-12)3-4-20-8-13(14,15)16/h9-10H,3-8,17H2,1-2H3. The summed E-state index contributed by atoms with van der Waals surface area (Å²) in [7, 11) is 0. The number of nitrogens with two attached hydrogens (primary N) is 1. The molecule has 1 aromatic heterocycles. The Morgan fingerprint density at radius 2 is 2.05 bits per heavy atom. The van der Waals surface area contributed by atoms with Crippen molar-refractivity contribution >= 4 is 0 Å². The number of halogens is 3. The third-order valence-corrected chi connectivity index (χ3v) is 2.85. The molecule has 0 bridgehead atoms. The second-order valence-electron chi connectivity index (χ2n) is 5.46. The van der Waals surface area contributed by atoms with Gasteiger partial charge in [-0.2, -0.15) is 18.2 Å². The van der Waals surface area contributed by atoms with Crippen molar-refractivity contribution in [1.82, 2.24) is 10.1 Å². The lowest BCUT2D eigenvalue weighted by Crippen LogP contribution is -2.19. The van der Waals surface area contributed by atoms with Gasteiger partial charge in [0.25, 0.3) is 0 Å². The predicted octanol–water partition coefficient (Wildman–Crippen LogP) is 2.35. The lowest BCUT2D eigenvalue weighted by molar-refractivity contribution is -0.173. The molecular formula is C13H22F3N3O2. The first-order valence-corrected chi connectivity index (χ1v) is 6.96. The van der Waals surface area contributed by atoms with E-state index in [4.69, 9.17) is 10.3 Å². The average molecular weight is 309 g/mol. The lowest BCUT2D eigenvalue weighted by Gasteiger charge is -2.14. The van der Waals surface area contributed by atoms with Gasteiger partial charge in [0, 0.05) is 12.8 Å². The van der Waals surface area contributed by atoms with Gasteiger partial charge in [-0.05, 0) is 24.8 Å². The Kier molecular flexibility index (Phi) is 7.10. The Hall–Kier alpha value is -1.15. The van der Waals surface area contributed by atoms with Crippen molar-refractivity contribution < 1.29 is 22.4 Å².